The van der Waals surface area contributed by atoms with Crippen molar-refractivity contribution in [2.75, 3.05) is 6.61 Å². The van der Waals surface area contributed by atoms with Gasteiger partial charge in [-0.3, -0.25) is 0 Å². The van der Waals surface area contributed by atoms with Crippen LogP contribution in [-0.2, 0) is 28.8 Å². The first kappa shape index (κ1) is 22.2. The molecule has 0 aromatic heterocycles. The summed E-state index contributed by atoms with van der Waals surface area (Å²) in [5.41, 5.74) is -2.87. The van der Waals surface area contributed by atoms with Gasteiger partial charge in [-0.2, -0.15) is 26.3 Å². The van der Waals surface area contributed by atoms with E-state index in [1.54, 1.807) is 30.3 Å². The van der Waals surface area contributed by atoms with Crippen LogP contribution in [0.15, 0.2) is 53.4 Å². The van der Waals surface area contributed by atoms with Crippen LogP contribution in [-0.4, -0.2) is 26.2 Å². The van der Waals surface area contributed by atoms with Crippen molar-refractivity contribution in [3.8, 4) is 0 Å². The van der Waals surface area contributed by atoms with Crippen LogP contribution in [0.25, 0.3) is 0 Å². The zero-order valence-corrected chi connectivity index (χ0v) is 14.9. The van der Waals surface area contributed by atoms with E-state index in [9.17, 15) is 39.9 Å². The Bertz CT molecular complexity index is 878. The fourth-order valence-electron chi connectivity index (χ4n) is 2.41. The lowest BCUT2D eigenvalue weighted by molar-refractivity contribution is -0.143. The molecule has 2 rings (SSSR count). The van der Waals surface area contributed by atoms with Crippen LogP contribution >= 0.6 is 0 Å². The normalized spacial score (nSPS) is 14.1. The molecule has 0 saturated carbocycles. The molecule has 0 amide bonds. The van der Waals surface area contributed by atoms with E-state index in [4.69, 9.17) is 0 Å². The second-order valence-electron chi connectivity index (χ2n) is 5.93. The minimum atomic E-state index is -5.17. The summed E-state index contributed by atoms with van der Waals surface area (Å²) in [6, 6.07) is 7.20. The number of hydrogen-bond donors (Lipinski definition) is 2. The molecule has 2 aromatic rings. The molecule has 0 aliphatic heterocycles. The van der Waals surface area contributed by atoms with Gasteiger partial charge in [-0.25, -0.2) is 13.1 Å². The molecule has 0 aliphatic carbocycles. The number of rotatable bonds is 6. The summed E-state index contributed by atoms with van der Waals surface area (Å²) in [7, 11) is -4.77. The number of alkyl halides is 6. The standard InChI is InChI=1S/C17H15F6NO3S/c18-16(19,20)12-7-13(17(21,22)23)9-15(8-12)28(26,27)24-14(10-25)6-11-4-2-1-3-5-11/h1-5,7-9,14,24-25H,6,10H2/t14-/m0/s1. The zero-order valence-electron chi connectivity index (χ0n) is 14.1. The lowest BCUT2D eigenvalue weighted by atomic mass is 10.1. The molecule has 11 heteroatoms. The van der Waals surface area contributed by atoms with E-state index in [1.165, 1.54) is 0 Å². The van der Waals surface area contributed by atoms with Crippen molar-refractivity contribution in [1.29, 1.82) is 0 Å². The van der Waals surface area contributed by atoms with Crippen molar-refractivity contribution in [2.45, 2.75) is 29.7 Å². The molecular weight excluding hydrogens is 412 g/mol. The van der Waals surface area contributed by atoms with Gasteiger partial charge in [0.1, 0.15) is 0 Å². The van der Waals surface area contributed by atoms with Gasteiger partial charge in [0, 0.05) is 6.04 Å². The number of aliphatic hydroxyl groups excluding tert-OH is 1. The van der Waals surface area contributed by atoms with E-state index in [2.05, 4.69) is 0 Å². The minimum Gasteiger partial charge on any atom is -0.395 e. The first-order valence-electron chi connectivity index (χ1n) is 7.79. The van der Waals surface area contributed by atoms with Crippen molar-refractivity contribution in [1.82, 2.24) is 4.72 Å². The average Bonchev–Trinajstić information content (AvgIpc) is 2.60. The predicted octanol–water partition coefficient (Wildman–Crippen LogP) is 3.61. The van der Waals surface area contributed by atoms with Gasteiger partial charge in [-0.15, -0.1) is 0 Å². The lowest BCUT2D eigenvalue weighted by Crippen LogP contribution is -2.39. The molecule has 0 saturated heterocycles. The fraction of sp³-hybridized carbons (Fsp3) is 0.294. The molecule has 0 radical (unpaired) electrons. The van der Waals surface area contributed by atoms with Crippen LogP contribution < -0.4 is 4.72 Å². The van der Waals surface area contributed by atoms with E-state index in [0.29, 0.717) is 5.56 Å². The highest BCUT2D eigenvalue weighted by Gasteiger charge is 2.38. The van der Waals surface area contributed by atoms with E-state index >= 15 is 0 Å². The van der Waals surface area contributed by atoms with Gasteiger partial charge < -0.3 is 5.11 Å². The Morgan fingerprint density at radius 2 is 1.39 bits per heavy atom. The SMILES string of the molecule is O=S(=O)(N[C@H](CO)Cc1ccccc1)c1cc(C(F)(F)F)cc(C(F)(F)F)c1. The molecule has 28 heavy (non-hydrogen) atoms. The zero-order chi connectivity index (χ0) is 21.2. The maximum atomic E-state index is 12.9. The first-order valence-corrected chi connectivity index (χ1v) is 9.28. The Kier molecular flexibility index (Phi) is 6.41. The fourth-order valence-corrected chi connectivity index (χ4v) is 3.71. The number of halogens is 6. The third kappa shape index (κ3) is 5.69. The maximum Gasteiger partial charge on any atom is 0.416 e. The van der Waals surface area contributed by atoms with E-state index in [1.807, 2.05) is 4.72 Å². The second-order valence-corrected chi connectivity index (χ2v) is 7.65. The Balaban J connectivity index is 2.40. The Labute approximate surface area is 156 Å². The first-order chi connectivity index (χ1) is 12.8. The third-order valence-electron chi connectivity index (χ3n) is 3.74. The van der Waals surface area contributed by atoms with Gasteiger partial charge in [0.15, 0.2) is 0 Å². The summed E-state index contributed by atoms with van der Waals surface area (Å²) in [5.74, 6) is 0. The van der Waals surface area contributed by atoms with Crippen LogP contribution in [0.4, 0.5) is 26.3 Å². The summed E-state index contributed by atoms with van der Waals surface area (Å²) in [6.45, 7) is -0.709. The van der Waals surface area contributed by atoms with Gasteiger partial charge >= 0.3 is 12.4 Å². The van der Waals surface area contributed by atoms with Gasteiger partial charge in [0.25, 0.3) is 0 Å². The molecule has 0 fully saturated rings. The Morgan fingerprint density at radius 1 is 0.893 bits per heavy atom. The predicted molar refractivity (Wildman–Crippen MR) is 87.8 cm³/mol. The number of sulfonamides is 1. The summed E-state index contributed by atoms with van der Waals surface area (Å²) in [6.07, 6.45) is -10.4. The topological polar surface area (TPSA) is 66.4 Å². The quantitative estimate of drug-likeness (QED) is 0.693. The highest BCUT2D eigenvalue weighted by atomic mass is 32.2. The molecule has 1 atom stereocenters. The van der Waals surface area contributed by atoms with E-state index in [-0.39, 0.29) is 24.6 Å². The molecule has 4 nitrogen and oxygen atoms in total. The van der Waals surface area contributed by atoms with Gasteiger partial charge in [0.2, 0.25) is 10.0 Å². The molecule has 0 bridgehead atoms. The van der Waals surface area contributed by atoms with Gasteiger partial charge in [-0.05, 0) is 30.2 Å². The van der Waals surface area contributed by atoms with Crippen LogP contribution in [0, 0.1) is 0 Å². The maximum absolute atomic E-state index is 12.9. The van der Waals surface area contributed by atoms with Crippen molar-refractivity contribution in [2.24, 2.45) is 0 Å². The average molecular weight is 427 g/mol. The van der Waals surface area contributed by atoms with E-state index in [0.717, 1.165) is 0 Å². The van der Waals surface area contributed by atoms with Crippen LogP contribution in [0.1, 0.15) is 16.7 Å². The van der Waals surface area contributed by atoms with Crippen molar-refractivity contribution in [3.63, 3.8) is 0 Å². The summed E-state index contributed by atoms with van der Waals surface area (Å²) < 4.78 is 104. The highest BCUT2D eigenvalue weighted by molar-refractivity contribution is 7.89. The Morgan fingerprint density at radius 3 is 1.82 bits per heavy atom. The van der Waals surface area contributed by atoms with Crippen LogP contribution in [0.3, 0.4) is 0 Å². The molecule has 0 aliphatic rings. The molecule has 2 aromatic carbocycles. The number of benzene rings is 2. The van der Waals surface area contributed by atoms with Crippen LogP contribution in [0.2, 0.25) is 0 Å². The van der Waals surface area contributed by atoms with Gasteiger partial charge in [0.05, 0.1) is 22.6 Å². The molecule has 0 spiro atoms. The summed E-state index contributed by atoms with van der Waals surface area (Å²) in [4.78, 5) is -1.19. The Hall–Kier alpha value is -2.11. The number of aliphatic hydroxyl groups is 1. The van der Waals surface area contributed by atoms with Crippen LogP contribution in [0.5, 0.6) is 0 Å². The molecule has 0 unspecified atom stereocenters. The summed E-state index contributed by atoms with van der Waals surface area (Å²) in [5, 5.41) is 9.38. The van der Waals surface area contributed by atoms with Crippen molar-refractivity contribution < 1.29 is 39.9 Å². The monoisotopic (exact) mass is 427 g/mol. The highest BCUT2D eigenvalue weighted by Crippen LogP contribution is 2.37. The van der Waals surface area contributed by atoms with Crippen molar-refractivity contribution >= 4 is 10.0 Å². The minimum absolute atomic E-state index is 0.0122. The smallest absolute Gasteiger partial charge is 0.395 e. The second kappa shape index (κ2) is 8.10. The largest absolute Gasteiger partial charge is 0.416 e. The summed E-state index contributed by atoms with van der Waals surface area (Å²) >= 11 is 0. The number of hydrogen-bond acceptors (Lipinski definition) is 3. The molecule has 154 valence electrons. The lowest BCUT2D eigenvalue weighted by Gasteiger charge is -2.18. The van der Waals surface area contributed by atoms with E-state index < -0.39 is 51.0 Å². The van der Waals surface area contributed by atoms with Gasteiger partial charge in [-0.1, -0.05) is 30.3 Å². The van der Waals surface area contributed by atoms with Crippen molar-refractivity contribution in [3.05, 3.63) is 65.2 Å². The third-order valence-corrected chi connectivity index (χ3v) is 5.24. The molecular formula is C17H15F6NO3S. The molecule has 2 N–H and O–H groups in total. The number of nitrogens with one attached hydrogen (secondary N) is 1. The molecule has 0 heterocycles.